The van der Waals surface area contributed by atoms with Gasteiger partial charge in [-0.15, -0.1) is 0 Å². The zero-order valence-electron chi connectivity index (χ0n) is 15.7. The first kappa shape index (κ1) is 20.6. The third kappa shape index (κ3) is 5.91. The molecule has 0 saturated heterocycles. The Labute approximate surface area is 157 Å². The van der Waals surface area contributed by atoms with Gasteiger partial charge in [0.25, 0.3) is 0 Å². The number of benzene rings is 1. The highest BCUT2D eigenvalue weighted by Crippen LogP contribution is 2.32. The standard InChI is InChI=1S/C20H24F2N2O3/c1-4-26-18(25)8-6-10-27-19-16(21)11-14(12-17(19)22)15-7-5-9-23-20(15)24-13(2)3/h5,7,9,11-13H,4,6,8,10H2,1-3H3,(H,23,24). The van der Waals surface area contributed by atoms with Crippen LogP contribution in [0.15, 0.2) is 30.5 Å². The van der Waals surface area contributed by atoms with Crippen LogP contribution in [0.4, 0.5) is 14.6 Å². The molecule has 0 unspecified atom stereocenters. The van der Waals surface area contributed by atoms with E-state index in [0.717, 1.165) is 0 Å². The van der Waals surface area contributed by atoms with Crippen LogP contribution in [0, 0.1) is 11.6 Å². The topological polar surface area (TPSA) is 60.5 Å². The van der Waals surface area contributed by atoms with E-state index in [4.69, 9.17) is 9.47 Å². The molecular weight excluding hydrogens is 354 g/mol. The summed E-state index contributed by atoms with van der Waals surface area (Å²) in [6.45, 7) is 5.93. The number of ether oxygens (including phenoxy) is 2. The molecule has 7 heteroatoms. The van der Waals surface area contributed by atoms with Gasteiger partial charge in [0.1, 0.15) is 5.82 Å². The minimum Gasteiger partial charge on any atom is -0.488 e. The molecule has 1 aromatic heterocycles. The number of carbonyl (C=O) groups excluding carboxylic acids is 1. The van der Waals surface area contributed by atoms with Crippen molar-refractivity contribution in [2.45, 2.75) is 39.7 Å². The Kier molecular flexibility index (Phi) is 7.52. The molecule has 2 rings (SSSR count). The molecule has 1 aromatic carbocycles. The van der Waals surface area contributed by atoms with Gasteiger partial charge in [-0.3, -0.25) is 4.79 Å². The minimum absolute atomic E-state index is 0.0129. The Morgan fingerprint density at radius 1 is 1.26 bits per heavy atom. The fourth-order valence-electron chi connectivity index (χ4n) is 2.50. The fraction of sp³-hybridized carbons (Fsp3) is 0.400. The van der Waals surface area contributed by atoms with Crippen molar-refractivity contribution in [2.24, 2.45) is 0 Å². The molecule has 0 amide bonds. The first-order chi connectivity index (χ1) is 12.9. The zero-order chi connectivity index (χ0) is 19.8. The van der Waals surface area contributed by atoms with Gasteiger partial charge in [0.15, 0.2) is 17.4 Å². The average molecular weight is 378 g/mol. The normalized spacial score (nSPS) is 10.7. The van der Waals surface area contributed by atoms with Crippen LogP contribution in [-0.4, -0.2) is 30.2 Å². The minimum atomic E-state index is -0.805. The van der Waals surface area contributed by atoms with E-state index >= 15 is 0 Å². The molecular formula is C20H24F2N2O3. The van der Waals surface area contributed by atoms with Crippen molar-refractivity contribution in [3.8, 4) is 16.9 Å². The summed E-state index contributed by atoms with van der Waals surface area (Å²) >= 11 is 0. The van der Waals surface area contributed by atoms with E-state index in [2.05, 4.69) is 10.3 Å². The highest BCUT2D eigenvalue weighted by Gasteiger charge is 2.16. The summed E-state index contributed by atoms with van der Waals surface area (Å²) in [6.07, 6.45) is 2.06. The molecule has 0 atom stereocenters. The molecule has 0 radical (unpaired) electrons. The van der Waals surface area contributed by atoms with Gasteiger partial charge in [-0.2, -0.15) is 0 Å². The summed E-state index contributed by atoms with van der Waals surface area (Å²) in [7, 11) is 0. The van der Waals surface area contributed by atoms with E-state index < -0.39 is 17.4 Å². The number of aromatic nitrogens is 1. The largest absolute Gasteiger partial charge is 0.488 e. The predicted octanol–water partition coefficient (Wildman–Crippen LogP) is 4.57. The van der Waals surface area contributed by atoms with Gasteiger partial charge in [0.2, 0.25) is 0 Å². The highest BCUT2D eigenvalue weighted by molar-refractivity contribution is 5.75. The summed E-state index contributed by atoms with van der Waals surface area (Å²) in [4.78, 5) is 15.5. The SMILES string of the molecule is CCOC(=O)CCCOc1c(F)cc(-c2cccnc2NC(C)C)cc1F. The van der Waals surface area contributed by atoms with E-state index in [0.29, 0.717) is 30.0 Å². The second-order valence-corrected chi connectivity index (χ2v) is 6.22. The predicted molar refractivity (Wildman–Crippen MR) is 99.7 cm³/mol. The summed E-state index contributed by atoms with van der Waals surface area (Å²) in [6, 6.07) is 6.00. The molecule has 1 heterocycles. The maximum atomic E-state index is 14.4. The van der Waals surface area contributed by atoms with E-state index in [-0.39, 0.29) is 25.0 Å². The van der Waals surface area contributed by atoms with Crippen molar-refractivity contribution >= 4 is 11.8 Å². The lowest BCUT2D eigenvalue weighted by Gasteiger charge is -2.15. The van der Waals surface area contributed by atoms with E-state index in [9.17, 15) is 13.6 Å². The first-order valence-corrected chi connectivity index (χ1v) is 8.91. The Hall–Kier alpha value is -2.70. The molecule has 5 nitrogen and oxygen atoms in total. The van der Waals surface area contributed by atoms with Crippen LogP contribution < -0.4 is 10.1 Å². The number of esters is 1. The Morgan fingerprint density at radius 2 is 1.96 bits per heavy atom. The van der Waals surface area contributed by atoms with Crippen LogP contribution in [0.25, 0.3) is 11.1 Å². The summed E-state index contributed by atoms with van der Waals surface area (Å²) in [5, 5.41) is 3.16. The van der Waals surface area contributed by atoms with Gasteiger partial charge >= 0.3 is 5.97 Å². The molecule has 2 aromatic rings. The lowest BCUT2D eigenvalue weighted by atomic mass is 10.1. The molecule has 0 aliphatic rings. The number of pyridine rings is 1. The maximum absolute atomic E-state index is 14.4. The molecule has 0 fully saturated rings. The van der Waals surface area contributed by atoms with Crippen molar-refractivity contribution < 1.29 is 23.0 Å². The summed E-state index contributed by atoms with van der Waals surface area (Å²) < 4.78 is 38.8. The second kappa shape index (κ2) is 9.85. The van der Waals surface area contributed by atoms with Gasteiger partial charge in [-0.1, -0.05) is 0 Å². The van der Waals surface area contributed by atoms with Crippen LogP contribution in [0.2, 0.25) is 0 Å². The number of nitrogens with one attached hydrogen (secondary N) is 1. The monoisotopic (exact) mass is 378 g/mol. The number of hydrogen-bond acceptors (Lipinski definition) is 5. The van der Waals surface area contributed by atoms with Crippen molar-refractivity contribution in [1.82, 2.24) is 4.98 Å². The van der Waals surface area contributed by atoms with Crippen LogP contribution in [0.3, 0.4) is 0 Å². The van der Waals surface area contributed by atoms with Gasteiger partial charge in [0, 0.05) is 24.2 Å². The Balaban J connectivity index is 2.12. The van der Waals surface area contributed by atoms with E-state index in [1.807, 2.05) is 13.8 Å². The number of rotatable bonds is 9. The molecule has 146 valence electrons. The molecule has 0 saturated carbocycles. The summed E-state index contributed by atoms with van der Waals surface area (Å²) in [5.74, 6) is -1.88. The van der Waals surface area contributed by atoms with Crippen molar-refractivity contribution in [2.75, 3.05) is 18.5 Å². The number of carbonyl (C=O) groups is 1. The average Bonchev–Trinajstić information content (AvgIpc) is 2.60. The lowest BCUT2D eigenvalue weighted by Crippen LogP contribution is -2.12. The Bertz CT molecular complexity index is 759. The molecule has 0 bridgehead atoms. The van der Waals surface area contributed by atoms with Crippen LogP contribution >= 0.6 is 0 Å². The third-order valence-corrected chi connectivity index (χ3v) is 3.62. The van der Waals surface area contributed by atoms with Crippen LogP contribution in [0.5, 0.6) is 5.75 Å². The fourth-order valence-corrected chi connectivity index (χ4v) is 2.50. The molecule has 0 spiro atoms. The van der Waals surface area contributed by atoms with E-state index in [1.54, 1.807) is 25.3 Å². The van der Waals surface area contributed by atoms with Crippen LogP contribution in [0.1, 0.15) is 33.6 Å². The van der Waals surface area contributed by atoms with Gasteiger partial charge in [-0.25, -0.2) is 13.8 Å². The zero-order valence-corrected chi connectivity index (χ0v) is 15.7. The summed E-state index contributed by atoms with van der Waals surface area (Å²) in [5.41, 5.74) is 0.956. The van der Waals surface area contributed by atoms with Gasteiger partial charge in [0.05, 0.1) is 13.2 Å². The Morgan fingerprint density at radius 3 is 2.59 bits per heavy atom. The van der Waals surface area contributed by atoms with Crippen molar-refractivity contribution in [3.63, 3.8) is 0 Å². The quantitative estimate of drug-likeness (QED) is 0.512. The van der Waals surface area contributed by atoms with Gasteiger partial charge in [-0.05, 0) is 57.0 Å². The smallest absolute Gasteiger partial charge is 0.305 e. The van der Waals surface area contributed by atoms with Crippen molar-refractivity contribution in [1.29, 1.82) is 0 Å². The maximum Gasteiger partial charge on any atom is 0.305 e. The first-order valence-electron chi connectivity index (χ1n) is 8.91. The number of hydrogen-bond donors (Lipinski definition) is 1. The number of nitrogens with zero attached hydrogens (tertiary/aromatic N) is 1. The van der Waals surface area contributed by atoms with Gasteiger partial charge < -0.3 is 14.8 Å². The molecule has 0 aliphatic heterocycles. The molecule has 1 N–H and O–H groups in total. The van der Waals surface area contributed by atoms with Crippen molar-refractivity contribution in [3.05, 3.63) is 42.1 Å². The van der Waals surface area contributed by atoms with E-state index in [1.165, 1.54) is 12.1 Å². The molecule has 0 aliphatic carbocycles. The third-order valence-electron chi connectivity index (χ3n) is 3.62. The number of anilines is 1. The molecule has 27 heavy (non-hydrogen) atoms. The lowest BCUT2D eigenvalue weighted by molar-refractivity contribution is -0.143. The number of halogens is 2. The second-order valence-electron chi connectivity index (χ2n) is 6.22. The van der Waals surface area contributed by atoms with Crippen LogP contribution in [-0.2, 0) is 9.53 Å². The highest BCUT2D eigenvalue weighted by atomic mass is 19.1.